The van der Waals surface area contributed by atoms with E-state index in [2.05, 4.69) is 10.6 Å². The van der Waals surface area contributed by atoms with Crippen LogP contribution >= 0.6 is 0 Å². The van der Waals surface area contributed by atoms with Crippen LogP contribution in [-0.4, -0.2) is 50.3 Å². The summed E-state index contributed by atoms with van der Waals surface area (Å²) in [6, 6.07) is 10.2. The van der Waals surface area contributed by atoms with Crippen LogP contribution in [-0.2, 0) is 19.6 Å². The molecule has 0 saturated carbocycles. The molecule has 0 aromatic heterocycles. The summed E-state index contributed by atoms with van der Waals surface area (Å²) in [5.74, 6) is 0.402. The lowest BCUT2D eigenvalue weighted by Crippen LogP contribution is -2.41. The first kappa shape index (κ1) is 24.0. The smallest absolute Gasteiger partial charge is 0.265 e. The van der Waals surface area contributed by atoms with Crippen molar-refractivity contribution < 1.29 is 27.5 Å². The fourth-order valence-electron chi connectivity index (χ4n) is 4.16. The molecule has 1 atom stereocenters. The van der Waals surface area contributed by atoms with Crippen LogP contribution in [0.15, 0.2) is 41.3 Å². The van der Waals surface area contributed by atoms with Gasteiger partial charge in [0.1, 0.15) is 11.5 Å². The van der Waals surface area contributed by atoms with E-state index in [4.69, 9.17) is 9.47 Å². The highest BCUT2D eigenvalue weighted by atomic mass is 32.2. The van der Waals surface area contributed by atoms with Crippen LogP contribution in [0.25, 0.3) is 0 Å². The van der Waals surface area contributed by atoms with Crippen LogP contribution in [0.3, 0.4) is 0 Å². The Kier molecular flexibility index (Phi) is 6.81. The maximum atomic E-state index is 13.4. The van der Waals surface area contributed by atoms with Crippen molar-refractivity contribution in [2.24, 2.45) is 5.92 Å². The Morgan fingerprint density at radius 1 is 1.21 bits per heavy atom. The predicted octanol–water partition coefficient (Wildman–Crippen LogP) is 3.15. The Morgan fingerprint density at radius 2 is 1.88 bits per heavy atom. The molecule has 4 rings (SSSR count). The molecule has 0 radical (unpaired) electrons. The molecule has 0 spiro atoms. The van der Waals surface area contributed by atoms with E-state index in [9.17, 15) is 18.0 Å². The molecule has 0 unspecified atom stereocenters. The van der Waals surface area contributed by atoms with Gasteiger partial charge in [0.05, 0.1) is 17.2 Å². The quantitative estimate of drug-likeness (QED) is 0.647. The number of hydrogen-bond donors (Lipinski definition) is 2. The third kappa shape index (κ3) is 4.88. The lowest BCUT2D eigenvalue weighted by atomic mass is 9.97. The molecule has 2 aliphatic rings. The van der Waals surface area contributed by atoms with Crippen molar-refractivity contribution in [2.45, 2.75) is 44.6 Å². The van der Waals surface area contributed by atoms with E-state index < -0.39 is 16.1 Å². The first-order valence-corrected chi connectivity index (χ1v) is 12.8. The number of sulfonamides is 1. The van der Waals surface area contributed by atoms with Crippen molar-refractivity contribution >= 4 is 33.2 Å². The Hall–Kier alpha value is -3.11. The van der Waals surface area contributed by atoms with Crippen molar-refractivity contribution in [1.29, 1.82) is 0 Å². The Labute approximate surface area is 199 Å². The van der Waals surface area contributed by atoms with Gasteiger partial charge in [-0.1, -0.05) is 0 Å². The van der Waals surface area contributed by atoms with Crippen molar-refractivity contribution in [3.05, 3.63) is 42.0 Å². The minimum Gasteiger partial charge on any atom is -0.494 e. The summed E-state index contributed by atoms with van der Waals surface area (Å²) < 4.78 is 39.1. The first-order valence-electron chi connectivity index (χ1n) is 11.3. The van der Waals surface area contributed by atoms with Gasteiger partial charge in [-0.25, -0.2) is 8.42 Å². The molecule has 182 valence electrons. The second-order valence-electron chi connectivity index (χ2n) is 8.49. The molecular weight excluding hydrogens is 458 g/mol. The molecule has 34 heavy (non-hydrogen) atoms. The molecule has 2 heterocycles. The molecule has 9 nitrogen and oxygen atoms in total. The number of nitrogens with zero attached hydrogens (tertiary/aromatic N) is 1. The third-order valence-electron chi connectivity index (χ3n) is 6.08. The minimum absolute atomic E-state index is 0.121. The van der Waals surface area contributed by atoms with Crippen molar-refractivity contribution in [3.63, 3.8) is 0 Å². The maximum Gasteiger partial charge on any atom is 0.265 e. The highest BCUT2D eigenvalue weighted by Crippen LogP contribution is 2.36. The zero-order chi connectivity index (χ0) is 24.5. The van der Waals surface area contributed by atoms with Gasteiger partial charge in [0, 0.05) is 30.8 Å². The number of fused-ring (bicyclic) bond motifs is 1. The molecule has 1 fully saturated rings. The largest absolute Gasteiger partial charge is 0.494 e. The molecule has 2 aliphatic heterocycles. The van der Waals surface area contributed by atoms with E-state index in [0.29, 0.717) is 42.1 Å². The molecule has 2 aromatic rings. The summed E-state index contributed by atoms with van der Waals surface area (Å²) in [7, 11) is -3.78. The van der Waals surface area contributed by atoms with Gasteiger partial charge in [-0.05, 0) is 69.5 Å². The Balaban J connectivity index is 1.41. The minimum atomic E-state index is -3.78. The molecule has 0 aliphatic carbocycles. The lowest BCUT2D eigenvalue weighted by Gasteiger charge is -2.31. The number of benzene rings is 2. The van der Waals surface area contributed by atoms with Crippen molar-refractivity contribution in [3.8, 4) is 11.5 Å². The second-order valence-corrected chi connectivity index (χ2v) is 10.4. The fraction of sp³-hybridized carbons (Fsp3) is 0.417. The monoisotopic (exact) mass is 487 g/mol. The molecular formula is C24H29N3O6S. The van der Waals surface area contributed by atoms with Crippen molar-refractivity contribution in [2.75, 3.05) is 30.3 Å². The van der Waals surface area contributed by atoms with Crippen LogP contribution in [0.1, 0.15) is 32.3 Å². The fourth-order valence-corrected chi connectivity index (χ4v) is 5.86. The third-order valence-corrected chi connectivity index (χ3v) is 8.12. The molecule has 2 amide bonds. The molecule has 2 N–H and O–H groups in total. The Bertz CT molecular complexity index is 1190. The van der Waals surface area contributed by atoms with E-state index in [-0.39, 0.29) is 35.7 Å². The number of rotatable bonds is 6. The summed E-state index contributed by atoms with van der Waals surface area (Å²) in [4.78, 5) is 24.7. The summed E-state index contributed by atoms with van der Waals surface area (Å²) >= 11 is 0. The van der Waals surface area contributed by atoms with Gasteiger partial charge in [0.2, 0.25) is 15.9 Å². The number of carbonyl (C=O) groups is 2. The number of aryl methyl sites for hydroxylation is 1. The van der Waals surface area contributed by atoms with E-state index in [1.54, 1.807) is 44.2 Å². The number of ether oxygens (including phenoxy) is 2. The Morgan fingerprint density at radius 3 is 2.53 bits per heavy atom. The van der Waals surface area contributed by atoms with Gasteiger partial charge in [-0.2, -0.15) is 4.31 Å². The van der Waals surface area contributed by atoms with Crippen LogP contribution in [0.4, 0.5) is 11.4 Å². The van der Waals surface area contributed by atoms with Crippen LogP contribution < -0.4 is 20.1 Å². The number of amides is 2. The van der Waals surface area contributed by atoms with Crippen LogP contribution in [0.5, 0.6) is 11.5 Å². The SMILES string of the molecule is CCOc1ccc(NC(=O)C2CCN(S(=O)(=O)c3cc4c(cc3C)NC(=O)[C@@H](C)O4)CC2)cc1. The van der Waals surface area contributed by atoms with Gasteiger partial charge >= 0.3 is 0 Å². The summed E-state index contributed by atoms with van der Waals surface area (Å²) in [6.07, 6.45) is 0.154. The summed E-state index contributed by atoms with van der Waals surface area (Å²) in [5.41, 5.74) is 1.66. The molecule has 2 aromatic carbocycles. The van der Waals surface area contributed by atoms with Gasteiger partial charge in [-0.15, -0.1) is 0 Å². The highest BCUT2D eigenvalue weighted by molar-refractivity contribution is 7.89. The topological polar surface area (TPSA) is 114 Å². The zero-order valence-electron chi connectivity index (χ0n) is 19.5. The molecule has 1 saturated heterocycles. The predicted molar refractivity (Wildman–Crippen MR) is 128 cm³/mol. The maximum absolute atomic E-state index is 13.4. The summed E-state index contributed by atoms with van der Waals surface area (Å²) in [5, 5.41) is 5.64. The number of nitrogens with one attached hydrogen (secondary N) is 2. The average Bonchev–Trinajstić information content (AvgIpc) is 2.81. The normalized spacial score (nSPS) is 19.0. The number of piperidine rings is 1. The number of hydrogen-bond acceptors (Lipinski definition) is 6. The van der Waals surface area contributed by atoms with Gasteiger partial charge in [0.25, 0.3) is 5.91 Å². The second kappa shape index (κ2) is 9.63. The van der Waals surface area contributed by atoms with Crippen molar-refractivity contribution in [1.82, 2.24) is 4.31 Å². The van der Waals surface area contributed by atoms with Crippen LogP contribution in [0.2, 0.25) is 0 Å². The first-order chi connectivity index (χ1) is 16.2. The number of anilines is 2. The average molecular weight is 488 g/mol. The molecule has 10 heteroatoms. The van der Waals surface area contributed by atoms with E-state index in [1.165, 1.54) is 10.4 Å². The lowest BCUT2D eigenvalue weighted by molar-refractivity contribution is -0.123. The molecule has 0 bridgehead atoms. The highest BCUT2D eigenvalue weighted by Gasteiger charge is 2.34. The van der Waals surface area contributed by atoms with Crippen LogP contribution in [0, 0.1) is 12.8 Å². The zero-order valence-corrected chi connectivity index (χ0v) is 20.3. The van der Waals surface area contributed by atoms with E-state index in [1.807, 2.05) is 6.92 Å². The summed E-state index contributed by atoms with van der Waals surface area (Å²) in [6.45, 7) is 6.26. The van der Waals surface area contributed by atoms with Gasteiger partial charge < -0.3 is 20.1 Å². The van der Waals surface area contributed by atoms with Gasteiger partial charge in [-0.3, -0.25) is 9.59 Å². The standard InChI is InChI=1S/C24H29N3O6S/c1-4-32-19-7-5-18(6-8-19)25-24(29)17-9-11-27(12-10-17)34(30,31)22-14-21-20(13-15(22)2)26-23(28)16(3)33-21/h5-8,13-14,16-17H,4,9-12H2,1-3H3,(H,25,29)(H,26,28)/t16-/m1/s1. The van der Waals surface area contributed by atoms with Gasteiger partial charge in [0.15, 0.2) is 6.10 Å². The number of carbonyl (C=O) groups excluding carboxylic acids is 2. The van der Waals surface area contributed by atoms with E-state index in [0.717, 1.165) is 5.75 Å². The van der Waals surface area contributed by atoms with E-state index >= 15 is 0 Å².